The van der Waals surface area contributed by atoms with E-state index >= 15 is 0 Å². The van der Waals surface area contributed by atoms with E-state index in [1.807, 2.05) is 31.2 Å². The van der Waals surface area contributed by atoms with Gasteiger partial charge in [0.25, 0.3) is 0 Å². The van der Waals surface area contributed by atoms with Crippen molar-refractivity contribution in [2.75, 3.05) is 0 Å². The standard InChI is InChI=1S/C28H28N2O2/c1-20-27(26(29-21(2)31)15-9-12-22-10-5-3-6-11-22)28(32-30-20)25-18-16-24(17-19-25)23-13-7-4-8-14-23/h3-8,10-11,13-14,16-19,26H,9,12,15H2,1-2H3,(H,29,31). The van der Waals surface area contributed by atoms with Gasteiger partial charge in [-0.25, -0.2) is 0 Å². The topological polar surface area (TPSA) is 55.1 Å². The van der Waals surface area contributed by atoms with Gasteiger partial charge in [0.05, 0.1) is 11.7 Å². The van der Waals surface area contributed by atoms with Gasteiger partial charge in [0.2, 0.25) is 5.91 Å². The highest BCUT2D eigenvalue weighted by Crippen LogP contribution is 2.34. The number of benzene rings is 3. The Hall–Kier alpha value is -3.66. The van der Waals surface area contributed by atoms with E-state index in [9.17, 15) is 4.79 Å². The Morgan fingerprint density at radius 2 is 1.47 bits per heavy atom. The van der Waals surface area contributed by atoms with Crippen molar-refractivity contribution in [2.24, 2.45) is 0 Å². The summed E-state index contributed by atoms with van der Waals surface area (Å²) < 4.78 is 5.75. The molecule has 0 radical (unpaired) electrons. The van der Waals surface area contributed by atoms with Crippen LogP contribution in [0.5, 0.6) is 0 Å². The first kappa shape index (κ1) is 21.6. The first-order chi connectivity index (χ1) is 15.6. The maximum Gasteiger partial charge on any atom is 0.217 e. The molecule has 0 bridgehead atoms. The smallest absolute Gasteiger partial charge is 0.217 e. The lowest BCUT2D eigenvalue weighted by molar-refractivity contribution is -0.119. The highest BCUT2D eigenvalue weighted by Gasteiger charge is 2.24. The van der Waals surface area contributed by atoms with Gasteiger partial charge in [0.15, 0.2) is 5.76 Å². The molecular weight excluding hydrogens is 396 g/mol. The molecular formula is C28H28N2O2. The summed E-state index contributed by atoms with van der Waals surface area (Å²) in [4.78, 5) is 12.0. The minimum Gasteiger partial charge on any atom is -0.356 e. The van der Waals surface area contributed by atoms with E-state index in [4.69, 9.17) is 4.52 Å². The summed E-state index contributed by atoms with van der Waals surface area (Å²) in [5.41, 5.74) is 6.34. The molecule has 0 spiro atoms. The molecule has 162 valence electrons. The normalized spacial score (nSPS) is 11.8. The summed E-state index contributed by atoms with van der Waals surface area (Å²) in [7, 11) is 0. The number of aromatic nitrogens is 1. The van der Waals surface area contributed by atoms with E-state index in [1.54, 1.807) is 6.92 Å². The molecule has 0 saturated carbocycles. The van der Waals surface area contributed by atoms with Crippen LogP contribution in [0.15, 0.2) is 89.5 Å². The van der Waals surface area contributed by atoms with Crippen LogP contribution in [-0.4, -0.2) is 11.1 Å². The number of hydrogen-bond acceptors (Lipinski definition) is 3. The fraction of sp³-hybridized carbons (Fsp3) is 0.214. The van der Waals surface area contributed by atoms with Gasteiger partial charge in [-0.1, -0.05) is 90.1 Å². The molecule has 3 aromatic carbocycles. The third kappa shape index (κ3) is 5.14. The zero-order chi connectivity index (χ0) is 22.3. The molecule has 32 heavy (non-hydrogen) atoms. The van der Waals surface area contributed by atoms with Gasteiger partial charge in [0, 0.05) is 18.1 Å². The van der Waals surface area contributed by atoms with Crippen molar-refractivity contribution < 1.29 is 9.32 Å². The van der Waals surface area contributed by atoms with Crippen LogP contribution in [0, 0.1) is 6.92 Å². The van der Waals surface area contributed by atoms with Crippen molar-refractivity contribution in [1.29, 1.82) is 0 Å². The van der Waals surface area contributed by atoms with Gasteiger partial charge < -0.3 is 9.84 Å². The highest BCUT2D eigenvalue weighted by molar-refractivity contribution is 5.75. The molecule has 4 nitrogen and oxygen atoms in total. The molecule has 0 saturated heterocycles. The summed E-state index contributed by atoms with van der Waals surface area (Å²) in [6.07, 6.45) is 2.72. The fourth-order valence-electron chi connectivity index (χ4n) is 4.13. The lowest BCUT2D eigenvalue weighted by Crippen LogP contribution is -2.26. The zero-order valence-electron chi connectivity index (χ0n) is 18.5. The Kier molecular flexibility index (Phi) is 6.81. The van der Waals surface area contributed by atoms with Crippen LogP contribution < -0.4 is 5.32 Å². The molecule has 0 aliphatic rings. The molecule has 1 aromatic heterocycles. The average Bonchev–Trinajstić information content (AvgIpc) is 3.21. The number of nitrogens with one attached hydrogen (secondary N) is 1. The van der Waals surface area contributed by atoms with Crippen LogP contribution in [0.25, 0.3) is 22.5 Å². The number of nitrogens with zero attached hydrogens (tertiary/aromatic N) is 1. The molecule has 1 amide bonds. The summed E-state index contributed by atoms with van der Waals surface area (Å²) >= 11 is 0. The van der Waals surface area contributed by atoms with E-state index in [0.717, 1.165) is 47.4 Å². The van der Waals surface area contributed by atoms with Crippen molar-refractivity contribution in [3.63, 3.8) is 0 Å². The quantitative estimate of drug-likeness (QED) is 0.350. The summed E-state index contributed by atoms with van der Waals surface area (Å²) in [6, 6.07) is 28.8. The van der Waals surface area contributed by atoms with Crippen LogP contribution >= 0.6 is 0 Å². The molecule has 0 fully saturated rings. The molecule has 4 aromatic rings. The van der Waals surface area contributed by atoms with Crippen LogP contribution in [0.3, 0.4) is 0 Å². The molecule has 1 unspecified atom stereocenters. The monoisotopic (exact) mass is 424 g/mol. The van der Waals surface area contributed by atoms with E-state index in [-0.39, 0.29) is 11.9 Å². The first-order valence-electron chi connectivity index (χ1n) is 11.0. The summed E-state index contributed by atoms with van der Waals surface area (Å²) in [5, 5.41) is 7.36. The Bertz CT molecular complexity index is 1150. The number of amides is 1. The van der Waals surface area contributed by atoms with Gasteiger partial charge in [0.1, 0.15) is 0 Å². The van der Waals surface area contributed by atoms with Gasteiger partial charge in [-0.15, -0.1) is 0 Å². The van der Waals surface area contributed by atoms with Crippen LogP contribution in [0.1, 0.15) is 42.6 Å². The van der Waals surface area contributed by atoms with Crippen LogP contribution in [-0.2, 0) is 11.2 Å². The van der Waals surface area contributed by atoms with Crippen molar-refractivity contribution in [2.45, 2.75) is 39.2 Å². The average molecular weight is 425 g/mol. The van der Waals surface area contributed by atoms with E-state index < -0.39 is 0 Å². The van der Waals surface area contributed by atoms with E-state index in [0.29, 0.717) is 0 Å². The molecule has 4 rings (SSSR count). The number of hydrogen-bond donors (Lipinski definition) is 1. The van der Waals surface area contributed by atoms with Crippen LogP contribution in [0.2, 0.25) is 0 Å². The molecule has 1 N–H and O–H groups in total. The van der Waals surface area contributed by atoms with E-state index in [2.05, 4.69) is 71.1 Å². The van der Waals surface area contributed by atoms with Gasteiger partial charge in [-0.05, 0) is 42.9 Å². The van der Waals surface area contributed by atoms with Crippen molar-refractivity contribution in [3.05, 3.63) is 102 Å². The second-order valence-electron chi connectivity index (χ2n) is 8.09. The minimum absolute atomic E-state index is 0.0549. The molecule has 4 heteroatoms. The highest BCUT2D eigenvalue weighted by atomic mass is 16.5. The Morgan fingerprint density at radius 3 is 2.12 bits per heavy atom. The van der Waals surface area contributed by atoms with Gasteiger partial charge in [-0.2, -0.15) is 0 Å². The molecule has 0 aliphatic heterocycles. The summed E-state index contributed by atoms with van der Waals surface area (Å²) in [5.74, 6) is 0.668. The van der Waals surface area contributed by atoms with Gasteiger partial charge >= 0.3 is 0 Å². The van der Waals surface area contributed by atoms with E-state index in [1.165, 1.54) is 11.1 Å². The lowest BCUT2D eigenvalue weighted by Gasteiger charge is -2.18. The second-order valence-corrected chi connectivity index (χ2v) is 8.09. The first-order valence-corrected chi connectivity index (χ1v) is 11.0. The van der Waals surface area contributed by atoms with Gasteiger partial charge in [-0.3, -0.25) is 4.79 Å². The third-order valence-corrected chi connectivity index (χ3v) is 5.69. The Labute approximate surface area is 189 Å². The number of carbonyl (C=O) groups excluding carboxylic acids is 1. The predicted molar refractivity (Wildman–Crippen MR) is 128 cm³/mol. The molecule has 1 heterocycles. The number of aryl methyl sites for hydroxylation is 2. The lowest BCUT2D eigenvalue weighted by atomic mass is 9.94. The van der Waals surface area contributed by atoms with Crippen molar-refractivity contribution >= 4 is 5.91 Å². The number of carbonyl (C=O) groups is 1. The van der Waals surface area contributed by atoms with Crippen molar-refractivity contribution in [3.8, 4) is 22.5 Å². The maximum atomic E-state index is 12.0. The SMILES string of the molecule is CC(=O)NC(CCCc1ccccc1)c1c(C)noc1-c1ccc(-c2ccccc2)cc1. The fourth-order valence-corrected chi connectivity index (χ4v) is 4.13. The molecule has 1 atom stereocenters. The largest absolute Gasteiger partial charge is 0.356 e. The summed E-state index contributed by atoms with van der Waals surface area (Å²) in [6.45, 7) is 3.49. The minimum atomic E-state index is -0.147. The maximum absolute atomic E-state index is 12.0. The zero-order valence-corrected chi connectivity index (χ0v) is 18.5. The Morgan fingerprint density at radius 1 is 0.875 bits per heavy atom. The van der Waals surface area contributed by atoms with Crippen molar-refractivity contribution in [1.82, 2.24) is 10.5 Å². The second kappa shape index (κ2) is 10.1. The number of rotatable bonds is 8. The molecule has 0 aliphatic carbocycles. The Balaban J connectivity index is 1.57. The predicted octanol–water partition coefficient (Wildman–Crippen LogP) is 6.52. The third-order valence-electron chi connectivity index (χ3n) is 5.69. The van der Waals surface area contributed by atoms with Crippen LogP contribution in [0.4, 0.5) is 0 Å².